The molecule has 0 spiro atoms. The van der Waals surface area contributed by atoms with Crippen LogP contribution in [-0.2, 0) is 50.6 Å². The molecule has 1 aromatic heterocycles. The average molecular weight is 591 g/mol. The van der Waals surface area contributed by atoms with Gasteiger partial charge < -0.3 is 32.7 Å². The van der Waals surface area contributed by atoms with Crippen LogP contribution in [0.4, 0.5) is 0 Å². The van der Waals surface area contributed by atoms with Crippen LogP contribution in [0.1, 0.15) is 22.1 Å². The summed E-state index contributed by atoms with van der Waals surface area (Å²) in [5, 5.41) is 0. The van der Waals surface area contributed by atoms with Crippen LogP contribution in [-0.4, -0.2) is 61.3 Å². The minimum atomic E-state index is -3.65. The molecule has 0 bridgehead atoms. The Morgan fingerprint density at radius 1 is 0.927 bits per heavy atom. The van der Waals surface area contributed by atoms with Gasteiger partial charge in [-0.05, 0) is 17.7 Å². The summed E-state index contributed by atoms with van der Waals surface area (Å²) in [6.45, 7) is -0.149. The summed E-state index contributed by atoms with van der Waals surface area (Å²) in [5.74, 6) is -0.705. The number of methoxy groups -OCH3 is 1. The summed E-state index contributed by atoms with van der Waals surface area (Å²) in [6.07, 6.45) is -4.17. The topological polar surface area (TPSA) is 143 Å². The van der Waals surface area contributed by atoms with Crippen LogP contribution >= 0.6 is 7.60 Å². The highest BCUT2D eigenvalue weighted by atomic mass is 31.2. The Balaban J connectivity index is 1.61. The zero-order valence-corrected chi connectivity index (χ0v) is 23.6. The van der Waals surface area contributed by atoms with Crippen molar-refractivity contribution in [2.24, 2.45) is 0 Å². The van der Waals surface area contributed by atoms with E-state index in [-0.39, 0.29) is 18.9 Å². The Hall–Kier alpha value is -3.42. The van der Waals surface area contributed by atoms with E-state index in [0.29, 0.717) is 0 Å². The Morgan fingerprint density at radius 3 is 2.22 bits per heavy atom. The molecule has 0 N–H and O–H groups in total. The molecule has 1 aliphatic rings. The number of carbonyl (C=O) groups is 1. The number of rotatable bonds is 13. The number of aromatic nitrogens is 2. The standard InChI is InChI=1S/C27H31N2O11P/c1-34-22-23(39-25(31)20-12-8-5-9-13-20)26(38-18-41(33,35-2)36-3)40-24(22)28-15-14-21(30)29(27(28)32)17-37-16-19-10-6-4-7-11-19/h4-15,22-24,26H,16-18H2,1-3H3/t22-,23+,24-,26+/m1/s1. The molecule has 2 aromatic carbocycles. The number of ether oxygens (including phenoxy) is 5. The first-order valence-corrected chi connectivity index (χ1v) is 14.2. The molecule has 14 heteroatoms. The van der Waals surface area contributed by atoms with E-state index >= 15 is 0 Å². The molecule has 0 amide bonds. The third-order valence-electron chi connectivity index (χ3n) is 6.33. The van der Waals surface area contributed by atoms with Gasteiger partial charge >= 0.3 is 19.3 Å². The maximum absolute atomic E-state index is 13.4. The molecule has 1 saturated heterocycles. The van der Waals surface area contributed by atoms with Gasteiger partial charge in [-0.2, -0.15) is 0 Å². The molecule has 220 valence electrons. The SMILES string of the molecule is CO[C@@H]1[C@H](OC(=O)c2ccccc2)[C@@H](OCP(=O)(OC)OC)O[C@H]1n1ccc(=O)n(COCc2ccccc2)c1=O. The van der Waals surface area contributed by atoms with Crippen LogP contribution in [0.3, 0.4) is 0 Å². The van der Waals surface area contributed by atoms with E-state index in [1.807, 2.05) is 30.3 Å². The molecule has 4 rings (SSSR count). The van der Waals surface area contributed by atoms with Crippen molar-refractivity contribution in [1.82, 2.24) is 9.13 Å². The van der Waals surface area contributed by atoms with Crippen molar-refractivity contribution >= 4 is 13.6 Å². The molecule has 13 nitrogen and oxygen atoms in total. The van der Waals surface area contributed by atoms with Crippen molar-refractivity contribution in [2.45, 2.75) is 38.1 Å². The highest BCUT2D eigenvalue weighted by Gasteiger charge is 2.50. The molecule has 0 radical (unpaired) electrons. The predicted octanol–water partition coefficient (Wildman–Crippen LogP) is 2.74. The van der Waals surface area contributed by atoms with Gasteiger partial charge in [-0.3, -0.25) is 13.9 Å². The number of carbonyl (C=O) groups excluding carboxylic acids is 1. The summed E-state index contributed by atoms with van der Waals surface area (Å²) < 4.78 is 53.1. The highest BCUT2D eigenvalue weighted by molar-refractivity contribution is 7.53. The van der Waals surface area contributed by atoms with Gasteiger partial charge in [0, 0.05) is 33.6 Å². The lowest BCUT2D eigenvalue weighted by Gasteiger charge is -2.24. The fourth-order valence-electron chi connectivity index (χ4n) is 4.12. The van der Waals surface area contributed by atoms with E-state index in [1.54, 1.807) is 30.3 Å². The van der Waals surface area contributed by atoms with Gasteiger partial charge in [0.2, 0.25) is 6.29 Å². The highest BCUT2D eigenvalue weighted by Crippen LogP contribution is 2.47. The van der Waals surface area contributed by atoms with E-state index in [9.17, 15) is 18.9 Å². The molecule has 1 aliphatic heterocycles. The summed E-state index contributed by atoms with van der Waals surface area (Å²) in [4.78, 5) is 38.9. The number of esters is 1. The molecular weight excluding hydrogens is 559 g/mol. The van der Waals surface area contributed by atoms with Crippen LogP contribution in [0, 0.1) is 0 Å². The second kappa shape index (κ2) is 14.0. The molecule has 0 saturated carbocycles. The van der Waals surface area contributed by atoms with Crippen molar-refractivity contribution in [3.05, 3.63) is 105 Å². The largest absolute Gasteiger partial charge is 0.450 e. The molecule has 2 heterocycles. The Kier molecular flexibility index (Phi) is 10.4. The monoisotopic (exact) mass is 590 g/mol. The molecule has 41 heavy (non-hydrogen) atoms. The first-order valence-electron chi connectivity index (χ1n) is 12.5. The van der Waals surface area contributed by atoms with Crippen molar-refractivity contribution in [1.29, 1.82) is 0 Å². The minimum absolute atomic E-state index is 0.175. The Bertz CT molecular complexity index is 1450. The van der Waals surface area contributed by atoms with Gasteiger partial charge in [0.05, 0.1) is 12.2 Å². The molecule has 0 unspecified atom stereocenters. The van der Waals surface area contributed by atoms with Crippen molar-refractivity contribution < 1.29 is 42.1 Å². The number of nitrogens with zero attached hydrogens (tertiary/aromatic N) is 2. The molecular formula is C27H31N2O11P. The molecule has 0 aliphatic carbocycles. The van der Waals surface area contributed by atoms with E-state index < -0.39 is 55.9 Å². The second-order valence-electron chi connectivity index (χ2n) is 8.84. The Labute approximate surface area is 235 Å². The van der Waals surface area contributed by atoms with Crippen LogP contribution in [0.25, 0.3) is 0 Å². The lowest BCUT2D eigenvalue weighted by atomic mass is 10.2. The van der Waals surface area contributed by atoms with Crippen LogP contribution in [0.5, 0.6) is 0 Å². The third-order valence-corrected chi connectivity index (χ3v) is 7.90. The summed E-state index contributed by atoms with van der Waals surface area (Å²) in [7, 11) is 0.0788. The minimum Gasteiger partial charge on any atom is -0.450 e. The predicted molar refractivity (Wildman–Crippen MR) is 144 cm³/mol. The third kappa shape index (κ3) is 7.27. The molecule has 3 aromatic rings. The maximum Gasteiger partial charge on any atom is 0.355 e. The first kappa shape index (κ1) is 30.5. The van der Waals surface area contributed by atoms with E-state index in [0.717, 1.165) is 14.7 Å². The zero-order valence-electron chi connectivity index (χ0n) is 22.7. The normalized spacial score (nSPS) is 20.7. The van der Waals surface area contributed by atoms with Crippen molar-refractivity contribution in [3.8, 4) is 0 Å². The van der Waals surface area contributed by atoms with Gasteiger partial charge in [-0.25, -0.2) is 14.2 Å². The van der Waals surface area contributed by atoms with Gasteiger partial charge in [-0.15, -0.1) is 0 Å². The second-order valence-corrected chi connectivity index (χ2v) is 11.0. The van der Waals surface area contributed by atoms with Crippen LogP contribution in [0.2, 0.25) is 0 Å². The average Bonchev–Trinajstić information content (AvgIpc) is 3.35. The van der Waals surface area contributed by atoms with Gasteiger partial charge in [0.15, 0.2) is 18.7 Å². The number of benzene rings is 2. The van der Waals surface area contributed by atoms with E-state index in [2.05, 4.69) is 0 Å². The maximum atomic E-state index is 13.4. The summed E-state index contributed by atoms with van der Waals surface area (Å²) in [5.41, 5.74) is -0.230. The van der Waals surface area contributed by atoms with E-state index in [1.165, 1.54) is 33.6 Å². The smallest absolute Gasteiger partial charge is 0.355 e. The van der Waals surface area contributed by atoms with Gasteiger partial charge in [-0.1, -0.05) is 48.5 Å². The number of hydrogen-bond donors (Lipinski definition) is 0. The molecule has 4 atom stereocenters. The van der Waals surface area contributed by atoms with Crippen molar-refractivity contribution in [3.63, 3.8) is 0 Å². The van der Waals surface area contributed by atoms with Crippen molar-refractivity contribution in [2.75, 3.05) is 27.7 Å². The molecule has 1 fully saturated rings. The lowest BCUT2D eigenvalue weighted by Crippen LogP contribution is -2.44. The Morgan fingerprint density at radius 2 is 1.59 bits per heavy atom. The van der Waals surface area contributed by atoms with E-state index in [4.69, 9.17) is 32.7 Å². The fraction of sp³-hybridized carbons (Fsp3) is 0.370. The lowest BCUT2D eigenvalue weighted by molar-refractivity contribution is -0.170. The summed E-state index contributed by atoms with van der Waals surface area (Å²) in [6, 6.07) is 18.6. The van der Waals surface area contributed by atoms with Gasteiger partial charge in [0.25, 0.3) is 5.56 Å². The van der Waals surface area contributed by atoms with Crippen LogP contribution < -0.4 is 11.2 Å². The van der Waals surface area contributed by atoms with Crippen LogP contribution in [0.15, 0.2) is 82.5 Å². The first-order chi connectivity index (χ1) is 19.8. The zero-order chi connectivity index (χ0) is 29.4. The fourth-order valence-corrected chi connectivity index (χ4v) is 4.81. The summed E-state index contributed by atoms with van der Waals surface area (Å²) >= 11 is 0. The van der Waals surface area contributed by atoms with Gasteiger partial charge in [0.1, 0.15) is 12.8 Å². The number of hydrogen-bond acceptors (Lipinski definition) is 11. The quantitative estimate of drug-likeness (QED) is 0.214.